The molecule has 1 amide bonds. The molecule has 0 atom stereocenters. The van der Waals surface area contributed by atoms with Crippen molar-refractivity contribution < 1.29 is 9.72 Å². The minimum Gasteiger partial charge on any atom is -0.341 e. The number of fused-ring (bicyclic) bond motifs is 1. The Morgan fingerprint density at radius 1 is 1.00 bits per heavy atom. The molecule has 9 nitrogen and oxygen atoms in total. The molecule has 5 rings (SSSR count). The van der Waals surface area contributed by atoms with E-state index in [9.17, 15) is 14.9 Å². The third-order valence-corrected chi connectivity index (χ3v) is 6.44. The monoisotopic (exact) mass is 482 g/mol. The van der Waals surface area contributed by atoms with Gasteiger partial charge in [-0.3, -0.25) is 25.8 Å². The van der Waals surface area contributed by atoms with Gasteiger partial charge in [-0.25, -0.2) is 9.97 Å². The van der Waals surface area contributed by atoms with Crippen LogP contribution in [0.15, 0.2) is 72.8 Å². The van der Waals surface area contributed by atoms with Gasteiger partial charge in [0.2, 0.25) is 11.9 Å². The van der Waals surface area contributed by atoms with Crippen molar-refractivity contribution in [3.05, 3.63) is 88.5 Å². The number of aryl methyl sites for hydroxylation is 1. The van der Waals surface area contributed by atoms with Gasteiger partial charge in [0.1, 0.15) is 0 Å². The zero-order chi connectivity index (χ0) is 25.1. The Morgan fingerprint density at radius 2 is 1.72 bits per heavy atom. The van der Waals surface area contributed by atoms with Crippen LogP contribution in [0.5, 0.6) is 0 Å². The fourth-order valence-electron chi connectivity index (χ4n) is 4.43. The van der Waals surface area contributed by atoms with Gasteiger partial charge in [-0.2, -0.15) is 0 Å². The van der Waals surface area contributed by atoms with Gasteiger partial charge in [-0.1, -0.05) is 42.0 Å². The molecule has 1 saturated heterocycles. The van der Waals surface area contributed by atoms with Crippen molar-refractivity contribution in [3.8, 4) is 11.3 Å². The summed E-state index contributed by atoms with van der Waals surface area (Å²) in [6.45, 7) is 3.40. The zero-order valence-electron chi connectivity index (χ0n) is 19.8. The van der Waals surface area contributed by atoms with Crippen LogP contribution >= 0.6 is 0 Å². The molecule has 0 unspecified atom stereocenters. The van der Waals surface area contributed by atoms with Gasteiger partial charge in [0, 0.05) is 42.1 Å². The summed E-state index contributed by atoms with van der Waals surface area (Å²) in [7, 11) is 0. The molecule has 182 valence electrons. The quantitative estimate of drug-likeness (QED) is 0.298. The summed E-state index contributed by atoms with van der Waals surface area (Å²) in [5.74, 6) is 0.421. The van der Waals surface area contributed by atoms with Gasteiger partial charge in [0.15, 0.2) is 0 Å². The van der Waals surface area contributed by atoms with Crippen molar-refractivity contribution in [2.75, 3.05) is 23.4 Å². The molecule has 2 heterocycles. The second kappa shape index (κ2) is 9.99. The Balaban J connectivity index is 1.27. The maximum Gasteiger partial charge on any atom is 0.269 e. The molecule has 4 aromatic rings. The number of benzene rings is 3. The van der Waals surface area contributed by atoms with E-state index in [2.05, 4.69) is 46.9 Å². The number of nitrogens with one attached hydrogen (secondary N) is 2. The number of nitrogens with zero attached hydrogens (tertiary/aromatic N) is 4. The van der Waals surface area contributed by atoms with Crippen LogP contribution < -0.4 is 15.8 Å². The average Bonchev–Trinajstić information content (AvgIpc) is 2.92. The fraction of sp³-hybridized carbons (Fsp3) is 0.222. The highest BCUT2D eigenvalue weighted by molar-refractivity contribution is 5.93. The lowest BCUT2D eigenvalue weighted by atomic mass is 9.96. The number of aromatic nitrogens is 2. The van der Waals surface area contributed by atoms with Crippen molar-refractivity contribution in [1.82, 2.24) is 15.4 Å². The summed E-state index contributed by atoms with van der Waals surface area (Å²) in [6, 6.07) is 22.2. The van der Waals surface area contributed by atoms with Crippen molar-refractivity contribution in [2.24, 2.45) is 5.92 Å². The Labute approximate surface area is 208 Å². The maximum atomic E-state index is 12.7. The predicted molar refractivity (Wildman–Crippen MR) is 140 cm³/mol. The normalized spacial score (nSPS) is 14.0. The van der Waals surface area contributed by atoms with Gasteiger partial charge in [-0.05, 0) is 44.0 Å². The second-order valence-electron chi connectivity index (χ2n) is 8.94. The second-order valence-corrected chi connectivity index (χ2v) is 8.94. The van der Waals surface area contributed by atoms with Crippen LogP contribution in [0.2, 0.25) is 0 Å². The molecule has 1 aliphatic heterocycles. The van der Waals surface area contributed by atoms with Crippen LogP contribution in [0, 0.1) is 23.0 Å². The van der Waals surface area contributed by atoms with Crippen molar-refractivity contribution in [3.63, 3.8) is 0 Å². The van der Waals surface area contributed by atoms with Crippen LogP contribution in [-0.4, -0.2) is 33.9 Å². The first-order valence-electron chi connectivity index (χ1n) is 11.9. The number of carbonyl (C=O) groups is 1. The van der Waals surface area contributed by atoms with Crippen molar-refractivity contribution in [2.45, 2.75) is 19.8 Å². The van der Waals surface area contributed by atoms with E-state index in [1.54, 1.807) is 12.1 Å². The fourth-order valence-corrected chi connectivity index (χ4v) is 4.43. The summed E-state index contributed by atoms with van der Waals surface area (Å²) in [5.41, 5.74) is 10.2. The third kappa shape index (κ3) is 4.95. The summed E-state index contributed by atoms with van der Waals surface area (Å²) in [6.07, 6.45) is 1.34. The predicted octanol–water partition coefficient (Wildman–Crippen LogP) is 4.87. The minimum absolute atomic E-state index is 0.000661. The first kappa shape index (κ1) is 23.2. The largest absolute Gasteiger partial charge is 0.341 e. The number of anilines is 2. The topological polar surface area (TPSA) is 113 Å². The molecular formula is C27H26N6O3. The number of nitro groups is 1. The smallest absolute Gasteiger partial charge is 0.269 e. The van der Waals surface area contributed by atoms with Crippen LogP contribution in [0.1, 0.15) is 18.4 Å². The van der Waals surface area contributed by atoms with E-state index < -0.39 is 4.92 Å². The van der Waals surface area contributed by atoms with Crippen molar-refractivity contribution in [1.29, 1.82) is 0 Å². The van der Waals surface area contributed by atoms with Crippen LogP contribution in [0.4, 0.5) is 17.3 Å². The number of carbonyl (C=O) groups excluding carboxylic acids is 1. The molecule has 36 heavy (non-hydrogen) atoms. The van der Waals surface area contributed by atoms with Gasteiger partial charge in [0.25, 0.3) is 5.69 Å². The molecule has 9 heteroatoms. The summed E-state index contributed by atoms with van der Waals surface area (Å²) < 4.78 is 0. The number of piperidine rings is 1. The Hall–Kier alpha value is -4.53. The highest BCUT2D eigenvalue weighted by Crippen LogP contribution is 2.30. The molecule has 0 bridgehead atoms. The standard InChI is InChI=1S/C27H26N6O3/c1-18-7-12-24-23(17-18)25(19-5-3-2-4-6-19)29-27(28-24)32-15-13-20(14-16-32)26(34)31-30-21-8-10-22(11-9-21)33(35)36/h2-12,17,20,30H,13-16H2,1H3,(H,31,34). The van der Waals surface area contributed by atoms with Gasteiger partial charge < -0.3 is 4.90 Å². The summed E-state index contributed by atoms with van der Waals surface area (Å²) >= 11 is 0. The van der Waals surface area contributed by atoms with Gasteiger partial charge >= 0.3 is 0 Å². The molecule has 0 spiro atoms. The molecule has 0 saturated carbocycles. The first-order valence-corrected chi connectivity index (χ1v) is 11.9. The van der Waals surface area contributed by atoms with E-state index >= 15 is 0 Å². The van der Waals surface area contributed by atoms with Gasteiger partial charge in [0.05, 0.1) is 21.8 Å². The third-order valence-electron chi connectivity index (χ3n) is 6.44. The lowest BCUT2D eigenvalue weighted by Gasteiger charge is -2.31. The molecular weight excluding hydrogens is 456 g/mol. The Morgan fingerprint density at radius 3 is 2.42 bits per heavy atom. The molecule has 1 aliphatic rings. The van der Waals surface area contributed by atoms with E-state index in [1.165, 1.54) is 12.1 Å². The molecule has 1 fully saturated rings. The molecule has 1 aromatic heterocycles. The highest BCUT2D eigenvalue weighted by atomic mass is 16.6. The first-order chi connectivity index (χ1) is 17.5. The SMILES string of the molecule is Cc1ccc2nc(N3CCC(C(=O)NNc4ccc([N+](=O)[O-])cc4)CC3)nc(-c3ccccc3)c2c1. The van der Waals surface area contributed by atoms with E-state index in [-0.39, 0.29) is 17.5 Å². The molecule has 0 radical (unpaired) electrons. The lowest BCUT2D eigenvalue weighted by molar-refractivity contribution is -0.384. The van der Waals surface area contributed by atoms with Crippen LogP contribution in [0.3, 0.4) is 0 Å². The molecule has 3 aromatic carbocycles. The number of rotatable bonds is 6. The lowest BCUT2D eigenvalue weighted by Crippen LogP contribution is -2.42. The number of non-ortho nitro benzene ring substituents is 1. The highest BCUT2D eigenvalue weighted by Gasteiger charge is 2.27. The number of nitro benzene ring substituents is 1. The number of amides is 1. The van der Waals surface area contributed by atoms with Crippen LogP contribution in [-0.2, 0) is 4.79 Å². The van der Waals surface area contributed by atoms with E-state index in [4.69, 9.17) is 9.97 Å². The van der Waals surface area contributed by atoms with E-state index in [0.29, 0.717) is 37.6 Å². The summed E-state index contributed by atoms with van der Waals surface area (Å²) in [5, 5.41) is 11.8. The number of hydrazine groups is 1. The van der Waals surface area contributed by atoms with Gasteiger partial charge in [-0.15, -0.1) is 0 Å². The average molecular weight is 483 g/mol. The molecule has 0 aliphatic carbocycles. The number of hydrogen-bond donors (Lipinski definition) is 2. The zero-order valence-corrected chi connectivity index (χ0v) is 19.8. The van der Waals surface area contributed by atoms with Crippen molar-refractivity contribution >= 4 is 34.1 Å². The number of hydrogen-bond acceptors (Lipinski definition) is 7. The van der Waals surface area contributed by atoms with Crippen LogP contribution in [0.25, 0.3) is 22.2 Å². The van der Waals surface area contributed by atoms with E-state index in [1.807, 2.05) is 24.3 Å². The maximum absolute atomic E-state index is 12.7. The molecule has 2 N–H and O–H groups in total. The Bertz CT molecular complexity index is 1400. The minimum atomic E-state index is -0.459. The Kier molecular flexibility index (Phi) is 6.44. The van der Waals surface area contributed by atoms with E-state index in [0.717, 1.165) is 27.7 Å². The summed E-state index contributed by atoms with van der Waals surface area (Å²) in [4.78, 5) is 35.0.